The number of sulfonamides is 2. The van der Waals surface area contributed by atoms with Crippen molar-refractivity contribution in [1.82, 2.24) is 4.98 Å². The van der Waals surface area contributed by atoms with E-state index in [2.05, 4.69) is 14.4 Å². The minimum Gasteiger partial charge on any atom is -0.495 e. The van der Waals surface area contributed by atoms with Crippen LogP contribution < -0.4 is 19.1 Å². The second kappa shape index (κ2) is 9.31. The topological polar surface area (TPSA) is 135 Å². The van der Waals surface area contributed by atoms with E-state index in [1.807, 2.05) is 0 Å². The Morgan fingerprint density at radius 1 is 0.912 bits per heavy atom. The molecule has 12 heteroatoms. The maximum atomic E-state index is 13.0. The lowest BCUT2D eigenvalue weighted by atomic mass is 10.2. The SMILES string of the molecule is COc1ccc(S(=O)(=O)Nc2ccc(S(=O)(=O)Nc3cccnc3)cc2)cc1N1CCCC1=O. The Hall–Kier alpha value is -3.64. The van der Waals surface area contributed by atoms with Crippen LogP contribution in [-0.4, -0.2) is 41.4 Å². The predicted octanol–water partition coefficient (Wildman–Crippen LogP) is 2.82. The first-order valence-electron chi connectivity index (χ1n) is 10.2. The van der Waals surface area contributed by atoms with Crippen molar-refractivity contribution in [3.05, 3.63) is 67.0 Å². The van der Waals surface area contributed by atoms with E-state index >= 15 is 0 Å². The lowest BCUT2D eigenvalue weighted by Crippen LogP contribution is -2.25. The van der Waals surface area contributed by atoms with Gasteiger partial charge < -0.3 is 9.64 Å². The van der Waals surface area contributed by atoms with E-state index in [0.717, 1.165) is 0 Å². The van der Waals surface area contributed by atoms with E-state index in [0.29, 0.717) is 36.5 Å². The number of hydrogen-bond donors (Lipinski definition) is 2. The van der Waals surface area contributed by atoms with Crippen LogP contribution in [0.1, 0.15) is 12.8 Å². The van der Waals surface area contributed by atoms with Crippen LogP contribution in [0.3, 0.4) is 0 Å². The van der Waals surface area contributed by atoms with E-state index in [4.69, 9.17) is 4.74 Å². The number of hydrogen-bond acceptors (Lipinski definition) is 7. The van der Waals surface area contributed by atoms with Crippen molar-refractivity contribution in [2.24, 2.45) is 0 Å². The molecule has 1 fully saturated rings. The van der Waals surface area contributed by atoms with Gasteiger partial charge in [-0.3, -0.25) is 19.2 Å². The number of methoxy groups -OCH3 is 1. The van der Waals surface area contributed by atoms with Gasteiger partial charge in [0.25, 0.3) is 20.0 Å². The number of amides is 1. The second-order valence-electron chi connectivity index (χ2n) is 7.46. The number of nitrogens with one attached hydrogen (secondary N) is 2. The normalized spacial score (nSPS) is 14.1. The number of ether oxygens (including phenoxy) is 1. The Kier molecular flexibility index (Phi) is 6.44. The van der Waals surface area contributed by atoms with Gasteiger partial charge in [0.05, 0.1) is 34.5 Å². The summed E-state index contributed by atoms with van der Waals surface area (Å²) in [4.78, 5) is 17.4. The third kappa shape index (κ3) is 4.97. The highest BCUT2D eigenvalue weighted by Crippen LogP contribution is 2.34. The molecular formula is C22H22N4O6S2. The summed E-state index contributed by atoms with van der Waals surface area (Å²) in [6.45, 7) is 0.481. The minimum atomic E-state index is -4.02. The standard InChI is InChI=1S/C22H22N4O6S2/c1-32-21-11-10-19(14-20(21)26-13-3-5-22(26)27)34(30,31)24-16-6-8-18(9-7-16)33(28,29)25-17-4-2-12-23-15-17/h2,4,6-12,14-15,24-25H,3,5,13H2,1H3. The highest BCUT2D eigenvalue weighted by molar-refractivity contribution is 7.93. The van der Waals surface area contributed by atoms with Crippen molar-refractivity contribution in [2.45, 2.75) is 22.6 Å². The Labute approximate surface area is 197 Å². The van der Waals surface area contributed by atoms with Gasteiger partial charge in [0, 0.05) is 24.8 Å². The van der Waals surface area contributed by atoms with Crippen LogP contribution in [0.5, 0.6) is 5.75 Å². The molecule has 1 amide bonds. The maximum absolute atomic E-state index is 13.0. The van der Waals surface area contributed by atoms with Crippen molar-refractivity contribution in [3.63, 3.8) is 0 Å². The second-order valence-corrected chi connectivity index (χ2v) is 10.8. The summed E-state index contributed by atoms with van der Waals surface area (Å²) in [5.74, 6) is 0.294. The summed E-state index contributed by atoms with van der Waals surface area (Å²) in [5.41, 5.74) is 0.866. The summed E-state index contributed by atoms with van der Waals surface area (Å²) >= 11 is 0. The quantitative estimate of drug-likeness (QED) is 0.484. The molecule has 0 bridgehead atoms. The van der Waals surface area contributed by atoms with Crippen molar-refractivity contribution >= 4 is 43.0 Å². The number of anilines is 3. The zero-order chi connectivity index (χ0) is 24.3. The van der Waals surface area contributed by atoms with Crippen LogP contribution in [0.25, 0.3) is 0 Å². The molecule has 34 heavy (non-hydrogen) atoms. The number of nitrogens with zero attached hydrogens (tertiary/aromatic N) is 2. The molecule has 1 aliphatic rings. The van der Waals surface area contributed by atoms with E-state index in [9.17, 15) is 21.6 Å². The molecular weight excluding hydrogens is 480 g/mol. The number of carbonyl (C=O) groups excluding carboxylic acids is 1. The Morgan fingerprint density at radius 3 is 2.21 bits per heavy atom. The van der Waals surface area contributed by atoms with Gasteiger partial charge in [-0.1, -0.05) is 0 Å². The minimum absolute atomic E-state index is 0.0430. The van der Waals surface area contributed by atoms with E-state index < -0.39 is 20.0 Å². The van der Waals surface area contributed by atoms with Gasteiger partial charge in [0.2, 0.25) is 5.91 Å². The molecule has 2 heterocycles. The molecule has 178 valence electrons. The largest absolute Gasteiger partial charge is 0.495 e. The smallest absolute Gasteiger partial charge is 0.261 e. The van der Waals surface area contributed by atoms with Crippen LogP contribution >= 0.6 is 0 Å². The van der Waals surface area contributed by atoms with Gasteiger partial charge in [-0.05, 0) is 61.0 Å². The first-order valence-corrected chi connectivity index (χ1v) is 13.2. The zero-order valence-corrected chi connectivity index (χ0v) is 19.8. The molecule has 3 aromatic rings. The average Bonchev–Trinajstić information content (AvgIpc) is 3.24. The molecule has 1 aliphatic heterocycles. The van der Waals surface area contributed by atoms with Gasteiger partial charge in [-0.15, -0.1) is 0 Å². The Bertz CT molecular complexity index is 1410. The van der Waals surface area contributed by atoms with Crippen LogP contribution in [-0.2, 0) is 24.8 Å². The maximum Gasteiger partial charge on any atom is 0.261 e. The first-order chi connectivity index (χ1) is 16.2. The third-order valence-electron chi connectivity index (χ3n) is 5.16. The highest BCUT2D eigenvalue weighted by atomic mass is 32.2. The summed E-state index contributed by atoms with van der Waals surface area (Å²) in [6, 6.07) is 12.7. The fourth-order valence-corrected chi connectivity index (χ4v) is 5.63. The number of aromatic nitrogens is 1. The van der Waals surface area contributed by atoms with Crippen molar-refractivity contribution in [3.8, 4) is 5.75 Å². The Balaban J connectivity index is 1.55. The Morgan fingerprint density at radius 2 is 1.59 bits per heavy atom. The fraction of sp³-hybridized carbons (Fsp3) is 0.182. The first kappa shape index (κ1) is 23.5. The summed E-state index contributed by atoms with van der Waals surface area (Å²) < 4.78 is 61.2. The molecule has 0 spiro atoms. The van der Waals surface area contributed by atoms with Crippen molar-refractivity contribution < 1.29 is 26.4 Å². The molecule has 0 unspecified atom stereocenters. The van der Waals surface area contributed by atoms with Crippen LogP contribution in [0.4, 0.5) is 17.1 Å². The van der Waals surface area contributed by atoms with Gasteiger partial charge in [0.15, 0.2) is 0 Å². The molecule has 0 atom stereocenters. The molecule has 1 aromatic heterocycles. The molecule has 4 rings (SSSR count). The monoisotopic (exact) mass is 502 g/mol. The van der Waals surface area contributed by atoms with E-state index in [1.54, 1.807) is 12.1 Å². The third-order valence-corrected chi connectivity index (χ3v) is 7.93. The number of rotatable bonds is 8. The molecule has 2 aromatic carbocycles. The lowest BCUT2D eigenvalue weighted by molar-refractivity contribution is -0.117. The van der Waals surface area contributed by atoms with Gasteiger partial charge in [0.1, 0.15) is 5.75 Å². The predicted molar refractivity (Wildman–Crippen MR) is 127 cm³/mol. The van der Waals surface area contributed by atoms with Gasteiger partial charge >= 0.3 is 0 Å². The molecule has 10 nitrogen and oxygen atoms in total. The molecule has 0 aliphatic carbocycles. The number of carbonyl (C=O) groups is 1. The number of benzene rings is 2. The van der Waals surface area contributed by atoms with Crippen LogP contribution in [0, 0.1) is 0 Å². The summed E-state index contributed by atoms with van der Waals surface area (Å²) in [5, 5.41) is 0. The van der Waals surface area contributed by atoms with Gasteiger partial charge in [-0.25, -0.2) is 16.8 Å². The molecule has 0 saturated carbocycles. The van der Waals surface area contributed by atoms with Crippen molar-refractivity contribution in [2.75, 3.05) is 28.0 Å². The van der Waals surface area contributed by atoms with E-state index in [1.165, 1.54) is 66.9 Å². The molecule has 0 radical (unpaired) electrons. The zero-order valence-electron chi connectivity index (χ0n) is 18.1. The molecule has 1 saturated heterocycles. The summed E-state index contributed by atoms with van der Waals surface area (Å²) in [7, 11) is -6.45. The highest BCUT2D eigenvalue weighted by Gasteiger charge is 2.26. The van der Waals surface area contributed by atoms with Crippen molar-refractivity contribution in [1.29, 1.82) is 0 Å². The summed E-state index contributed by atoms with van der Waals surface area (Å²) in [6.07, 6.45) is 3.97. The van der Waals surface area contributed by atoms with E-state index in [-0.39, 0.29) is 21.4 Å². The lowest BCUT2D eigenvalue weighted by Gasteiger charge is -2.20. The fourth-order valence-electron chi connectivity index (χ4n) is 3.50. The number of pyridine rings is 1. The van der Waals surface area contributed by atoms with Crippen LogP contribution in [0.15, 0.2) is 76.8 Å². The molecule has 2 N–H and O–H groups in total. The van der Waals surface area contributed by atoms with Gasteiger partial charge in [-0.2, -0.15) is 0 Å². The average molecular weight is 503 g/mol. The van der Waals surface area contributed by atoms with Crippen LogP contribution in [0.2, 0.25) is 0 Å².